The molecule has 0 atom stereocenters. The van der Waals surface area contributed by atoms with E-state index in [0.717, 1.165) is 29.7 Å². The van der Waals surface area contributed by atoms with Crippen LogP contribution in [-0.2, 0) is 9.47 Å². The maximum atomic E-state index is 5.59. The van der Waals surface area contributed by atoms with Crippen LogP contribution < -0.4 is 5.32 Å². The Morgan fingerprint density at radius 3 is 2.85 bits per heavy atom. The van der Waals surface area contributed by atoms with Crippen LogP contribution in [0.2, 0.25) is 0 Å². The fraction of sp³-hybridized carbons (Fsp3) is 0.467. The van der Waals surface area contributed by atoms with Crippen molar-refractivity contribution in [1.29, 1.82) is 0 Å². The van der Waals surface area contributed by atoms with Crippen molar-refractivity contribution in [2.75, 3.05) is 25.1 Å². The normalized spacial score (nSPS) is 17.5. The van der Waals surface area contributed by atoms with Crippen LogP contribution in [0.3, 0.4) is 0 Å². The number of rotatable bonds is 4. The van der Waals surface area contributed by atoms with E-state index in [4.69, 9.17) is 9.47 Å². The van der Waals surface area contributed by atoms with Crippen molar-refractivity contribution in [3.63, 3.8) is 0 Å². The Bertz CT molecular complexity index is 604. The summed E-state index contributed by atoms with van der Waals surface area (Å²) in [5, 5.41) is 4.45. The third-order valence-corrected chi connectivity index (χ3v) is 3.64. The highest BCUT2D eigenvalue weighted by atomic mass is 16.7. The number of nitrogens with one attached hydrogen (secondary N) is 1. The Hall–Kier alpha value is -1.72. The highest BCUT2D eigenvalue weighted by Gasteiger charge is 2.30. The number of hydrogen-bond acceptors (Lipinski definition) is 5. The number of anilines is 1. The molecule has 1 aliphatic heterocycles. The lowest BCUT2D eigenvalue weighted by Gasteiger charge is -2.22. The zero-order valence-electron chi connectivity index (χ0n) is 11.8. The summed E-state index contributed by atoms with van der Waals surface area (Å²) in [6.07, 6.45) is 2.37. The van der Waals surface area contributed by atoms with Gasteiger partial charge in [-0.3, -0.25) is 0 Å². The van der Waals surface area contributed by atoms with Gasteiger partial charge in [-0.2, -0.15) is 0 Å². The SMILES string of the molecule is Cc1cccc2ncnc(NCCC3(C)OCCO3)c12. The highest BCUT2D eigenvalue weighted by Crippen LogP contribution is 2.25. The molecule has 5 heteroatoms. The van der Waals surface area contributed by atoms with E-state index in [9.17, 15) is 0 Å². The molecule has 0 saturated carbocycles. The Morgan fingerprint density at radius 1 is 1.25 bits per heavy atom. The van der Waals surface area contributed by atoms with Crippen molar-refractivity contribution >= 4 is 16.7 Å². The van der Waals surface area contributed by atoms with Crippen LogP contribution in [0.4, 0.5) is 5.82 Å². The molecule has 0 amide bonds. The maximum absolute atomic E-state index is 5.59. The van der Waals surface area contributed by atoms with Crippen LogP contribution in [0.5, 0.6) is 0 Å². The third-order valence-electron chi connectivity index (χ3n) is 3.64. The molecule has 1 aromatic heterocycles. The van der Waals surface area contributed by atoms with Gasteiger partial charge in [0.1, 0.15) is 12.1 Å². The van der Waals surface area contributed by atoms with E-state index in [2.05, 4.69) is 28.3 Å². The topological polar surface area (TPSA) is 56.3 Å². The molecule has 20 heavy (non-hydrogen) atoms. The van der Waals surface area contributed by atoms with Gasteiger partial charge in [0, 0.05) is 18.4 Å². The number of benzene rings is 1. The Kier molecular flexibility index (Phi) is 3.54. The van der Waals surface area contributed by atoms with E-state index in [1.165, 1.54) is 5.56 Å². The van der Waals surface area contributed by atoms with E-state index in [-0.39, 0.29) is 0 Å². The first kappa shape index (κ1) is 13.3. The van der Waals surface area contributed by atoms with Gasteiger partial charge in [-0.1, -0.05) is 12.1 Å². The van der Waals surface area contributed by atoms with Crippen LogP contribution in [0.1, 0.15) is 18.9 Å². The fourth-order valence-electron chi connectivity index (χ4n) is 2.52. The van der Waals surface area contributed by atoms with Gasteiger partial charge in [0.05, 0.1) is 18.7 Å². The van der Waals surface area contributed by atoms with E-state index >= 15 is 0 Å². The predicted octanol–water partition coefficient (Wildman–Crippen LogP) is 2.50. The van der Waals surface area contributed by atoms with Crippen LogP contribution in [0.25, 0.3) is 10.9 Å². The van der Waals surface area contributed by atoms with Crippen LogP contribution in [0.15, 0.2) is 24.5 Å². The van der Waals surface area contributed by atoms with Crippen molar-refractivity contribution in [3.8, 4) is 0 Å². The molecular weight excluding hydrogens is 254 g/mol. The van der Waals surface area contributed by atoms with Gasteiger partial charge in [0.2, 0.25) is 0 Å². The maximum Gasteiger partial charge on any atom is 0.167 e. The molecular formula is C15H19N3O2. The molecule has 1 aromatic carbocycles. The molecule has 2 aromatic rings. The van der Waals surface area contributed by atoms with E-state index < -0.39 is 5.79 Å². The number of nitrogens with zero attached hydrogens (tertiary/aromatic N) is 2. The minimum atomic E-state index is -0.467. The lowest BCUT2D eigenvalue weighted by molar-refractivity contribution is -0.144. The molecule has 5 nitrogen and oxygen atoms in total. The number of hydrogen-bond donors (Lipinski definition) is 1. The summed E-state index contributed by atoms with van der Waals surface area (Å²) >= 11 is 0. The summed E-state index contributed by atoms with van der Waals surface area (Å²) in [4.78, 5) is 8.65. The van der Waals surface area contributed by atoms with Gasteiger partial charge in [-0.15, -0.1) is 0 Å². The second-order valence-corrected chi connectivity index (χ2v) is 5.20. The van der Waals surface area contributed by atoms with E-state index in [1.807, 2.05) is 19.1 Å². The molecule has 1 aliphatic rings. The predicted molar refractivity (Wildman–Crippen MR) is 77.7 cm³/mol. The van der Waals surface area contributed by atoms with Gasteiger partial charge in [-0.25, -0.2) is 9.97 Å². The van der Waals surface area contributed by atoms with E-state index in [1.54, 1.807) is 6.33 Å². The number of ether oxygens (including phenoxy) is 2. The first-order valence-corrected chi connectivity index (χ1v) is 6.90. The molecule has 2 heterocycles. The number of aromatic nitrogens is 2. The molecule has 0 bridgehead atoms. The minimum Gasteiger partial charge on any atom is -0.369 e. The second kappa shape index (κ2) is 5.34. The zero-order chi connectivity index (χ0) is 14.0. The summed E-state index contributed by atoms with van der Waals surface area (Å²) < 4.78 is 11.2. The number of aryl methyl sites for hydroxylation is 1. The largest absolute Gasteiger partial charge is 0.369 e. The first-order valence-electron chi connectivity index (χ1n) is 6.90. The average molecular weight is 273 g/mol. The molecule has 1 N–H and O–H groups in total. The van der Waals surface area contributed by atoms with Gasteiger partial charge < -0.3 is 14.8 Å². The molecule has 3 rings (SSSR count). The summed E-state index contributed by atoms with van der Waals surface area (Å²) in [5.74, 6) is 0.403. The van der Waals surface area contributed by atoms with Crippen LogP contribution in [0, 0.1) is 6.92 Å². The fourth-order valence-corrected chi connectivity index (χ4v) is 2.52. The summed E-state index contributed by atoms with van der Waals surface area (Å²) in [5.41, 5.74) is 2.13. The smallest absolute Gasteiger partial charge is 0.167 e. The Labute approximate surface area is 118 Å². The van der Waals surface area contributed by atoms with Gasteiger partial charge in [0.25, 0.3) is 0 Å². The van der Waals surface area contributed by atoms with Gasteiger partial charge in [0.15, 0.2) is 5.79 Å². The Balaban J connectivity index is 1.74. The molecule has 0 spiro atoms. The molecule has 0 unspecified atom stereocenters. The average Bonchev–Trinajstić information content (AvgIpc) is 2.86. The minimum absolute atomic E-state index is 0.467. The van der Waals surface area contributed by atoms with E-state index in [0.29, 0.717) is 13.2 Å². The molecule has 1 fully saturated rings. The summed E-state index contributed by atoms with van der Waals surface area (Å²) in [6, 6.07) is 6.08. The number of fused-ring (bicyclic) bond motifs is 1. The molecule has 106 valence electrons. The van der Waals surface area contributed by atoms with Crippen LogP contribution >= 0.6 is 0 Å². The monoisotopic (exact) mass is 273 g/mol. The van der Waals surface area contributed by atoms with Crippen molar-refractivity contribution in [2.45, 2.75) is 26.1 Å². The lowest BCUT2D eigenvalue weighted by atomic mass is 10.1. The van der Waals surface area contributed by atoms with Gasteiger partial charge in [-0.05, 0) is 25.5 Å². The lowest BCUT2D eigenvalue weighted by Crippen LogP contribution is -2.28. The zero-order valence-corrected chi connectivity index (χ0v) is 11.8. The molecule has 1 saturated heterocycles. The molecule has 0 radical (unpaired) electrons. The highest BCUT2D eigenvalue weighted by molar-refractivity contribution is 5.91. The van der Waals surface area contributed by atoms with Gasteiger partial charge >= 0.3 is 0 Å². The van der Waals surface area contributed by atoms with Crippen LogP contribution in [-0.4, -0.2) is 35.5 Å². The third kappa shape index (κ3) is 2.59. The van der Waals surface area contributed by atoms with Crippen molar-refractivity contribution in [3.05, 3.63) is 30.1 Å². The van der Waals surface area contributed by atoms with Crippen molar-refractivity contribution in [1.82, 2.24) is 9.97 Å². The summed E-state index contributed by atoms with van der Waals surface area (Å²) in [7, 11) is 0. The second-order valence-electron chi connectivity index (χ2n) is 5.20. The molecule has 0 aliphatic carbocycles. The summed E-state index contributed by atoms with van der Waals surface area (Å²) in [6.45, 7) is 6.14. The van der Waals surface area contributed by atoms with Crippen molar-refractivity contribution in [2.24, 2.45) is 0 Å². The Morgan fingerprint density at radius 2 is 2.05 bits per heavy atom. The first-order chi connectivity index (χ1) is 9.68. The van der Waals surface area contributed by atoms with Crippen molar-refractivity contribution < 1.29 is 9.47 Å². The standard InChI is InChI=1S/C15H19N3O2/c1-11-4-3-5-12-13(11)14(18-10-17-12)16-7-6-15(2)19-8-9-20-15/h3-5,10H,6-9H2,1-2H3,(H,16,17,18). The quantitative estimate of drug-likeness (QED) is 0.927.